The molecule has 6 nitrogen and oxygen atoms in total. The molecule has 0 radical (unpaired) electrons. The standard InChI is InChI=1S/C24H19F4N3O3/c1-29-23(33)19-13-17(7-9-30-19)34-16-5-6-20-14(11-16)8-10-31(20)21(32)12-15-3-2-4-18(25)22(15)24(26,27)28/h2-7,9,11,13H,8,10,12H2,1H3,(H,29,33). The van der Waals surface area contributed by atoms with E-state index in [1.165, 1.54) is 24.2 Å². The second-order valence-corrected chi connectivity index (χ2v) is 7.59. The van der Waals surface area contributed by atoms with Crippen LogP contribution in [0.25, 0.3) is 0 Å². The summed E-state index contributed by atoms with van der Waals surface area (Å²) < 4.78 is 59.5. The summed E-state index contributed by atoms with van der Waals surface area (Å²) in [6.45, 7) is 0.282. The molecule has 1 aliphatic heterocycles. The summed E-state index contributed by atoms with van der Waals surface area (Å²) >= 11 is 0. The van der Waals surface area contributed by atoms with E-state index in [1.807, 2.05) is 0 Å². The molecule has 1 N–H and O–H groups in total. The molecule has 34 heavy (non-hydrogen) atoms. The van der Waals surface area contributed by atoms with Crippen LogP contribution in [-0.2, 0) is 23.8 Å². The van der Waals surface area contributed by atoms with Gasteiger partial charge in [0.25, 0.3) is 5.91 Å². The Balaban J connectivity index is 1.52. The van der Waals surface area contributed by atoms with Gasteiger partial charge in [-0.1, -0.05) is 12.1 Å². The highest BCUT2D eigenvalue weighted by molar-refractivity contribution is 5.97. The van der Waals surface area contributed by atoms with Crippen LogP contribution in [0.5, 0.6) is 11.5 Å². The molecule has 2 heterocycles. The summed E-state index contributed by atoms with van der Waals surface area (Å²) in [6, 6.07) is 11.1. The van der Waals surface area contributed by atoms with E-state index in [9.17, 15) is 27.2 Å². The van der Waals surface area contributed by atoms with Crippen LogP contribution in [0, 0.1) is 5.82 Å². The van der Waals surface area contributed by atoms with Crippen molar-refractivity contribution in [1.82, 2.24) is 10.3 Å². The number of nitrogens with one attached hydrogen (secondary N) is 1. The van der Waals surface area contributed by atoms with Gasteiger partial charge in [0.2, 0.25) is 5.91 Å². The number of halogens is 4. The van der Waals surface area contributed by atoms with Crippen molar-refractivity contribution >= 4 is 17.5 Å². The SMILES string of the molecule is CNC(=O)c1cc(Oc2ccc3c(c2)CCN3C(=O)Cc2cccc(F)c2C(F)(F)F)ccn1. The minimum Gasteiger partial charge on any atom is -0.457 e. The second kappa shape index (κ2) is 9.12. The first-order valence-electron chi connectivity index (χ1n) is 10.3. The molecule has 0 atom stereocenters. The fourth-order valence-electron chi connectivity index (χ4n) is 3.86. The Labute approximate surface area is 192 Å². The third-order valence-electron chi connectivity index (χ3n) is 5.40. The Hall–Kier alpha value is -3.95. The highest BCUT2D eigenvalue weighted by atomic mass is 19.4. The molecule has 0 saturated carbocycles. The number of nitrogens with zero attached hydrogens (tertiary/aromatic N) is 2. The average molecular weight is 473 g/mol. The number of pyridine rings is 1. The van der Waals surface area contributed by atoms with Crippen molar-refractivity contribution in [2.45, 2.75) is 19.0 Å². The lowest BCUT2D eigenvalue weighted by molar-refractivity contribution is -0.140. The van der Waals surface area contributed by atoms with Crippen molar-refractivity contribution in [2.75, 3.05) is 18.5 Å². The van der Waals surface area contributed by atoms with Crippen LogP contribution in [-0.4, -0.2) is 30.4 Å². The number of hydrogen-bond acceptors (Lipinski definition) is 4. The van der Waals surface area contributed by atoms with Crippen LogP contribution >= 0.6 is 0 Å². The maximum absolute atomic E-state index is 13.8. The van der Waals surface area contributed by atoms with Crippen molar-refractivity contribution in [3.8, 4) is 11.5 Å². The summed E-state index contributed by atoms with van der Waals surface area (Å²) in [4.78, 5) is 29.9. The molecule has 0 aliphatic carbocycles. The van der Waals surface area contributed by atoms with Crippen molar-refractivity contribution in [3.05, 3.63) is 82.9 Å². The number of benzene rings is 2. The van der Waals surface area contributed by atoms with Gasteiger partial charge in [0, 0.05) is 31.5 Å². The minimum atomic E-state index is -4.90. The van der Waals surface area contributed by atoms with E-state index in [0.717, 1.165) is 23.8 Å². The van der Waals surface area contributed by atoms with Crippen molar-refractivity contribution in [1.29, 1.82) is 0 Å². The van der Waals surface area contributed by atoms with Gasteiger partial charge in [-0.2, -0.15) is 13.2 Å². The third-order valence-corrected chi connectivity index (χ3v) is 5.40. The Morgan fingerprint density at radius 2 is 1.88 bits per heavy atom. The van der Waals surface area contributed by atoms with Crippen LogP contribution in [0.4, 0.5) is 23.2 Å². The first-order valence-corrected chi connectivity index (χ1v) is 10.3. The van der Waals surface area contributed by atoms with E-state index in [0.29, 0.717) is 23.6 Å². The smallest absolute Gasteiger partial charge is 0.419 e. The molecule has 3 aromatic rings. The number of hydrogen-bond donors (Lipinski definition) is 1. The molecular weight excluding hydrogens is 454 g/mol. The first kappa shape index (κ1) is 23.2. The molecule has 0 bridgehead atoms. The molecule has 0 saturated heterocycles. The summed E-state index contributed by atoms with van der Waals surface area (Å²) in [7, 11) is 1.49. The van der Waals surface area contributed by atoms with Gasteiger partial charge in [0.15, 0.2) is 0 Å². The number of amides is 2. The van der Waals surface area contributed by atoms with Gasteiger partial charge < -0.3 is 15.0 Å². The molecule has 2 aromatic carbocycles. The molecule has 4 rings (SSSR count). The minimum absolute atomic E-state index is 0.188. The van der Waals surface area contributed by atoms with E-state index in [2.05, 4.69) is 10.3 Å². The van der Waals surface area contributed by atoms with E-state index >= 15 is 0 Å². The topological polar surface area (TPSA) is 71.5 Å². The lowest BCUT2D eigenvalue weighted by Crippen LogP contribution is -2.31. The zero-order valence-corrected chi connectivity index (χ0v) is 17.9. The molecule has 176 valence electrons. The van der Waals surface area contributed by atoms with Gasteiger partial charge in [0.1, 0.15) is 23.0 Å². The van der Waals surface area contributed by atoms with Gasteiger partial charge in [-0.25, -0.2) is 4.39 Å². The van der Waals surface area contributed by atoms with Crippen molar-refractivity contribution < 1.29 is 31.9 Å². The number of aromatic nitrogens is 1. The molecule has 0 spiro atoms. The van der Waals surface area contributed by atoms with Crippen LogP contribution in [0.2, 0.25) is 0 Å². The fraction of sp³-hybridized carbons (Fsp3) is 0.208. The number of ether oxygens (including phenoxy) is 1. The second-order valence-electron chi connectivity index (χ2n) is 7.59. The lowest BCUT2D eigenvalue weighted by atomic mass is 10.0. The summed E-state index contributed by atoms with van der Waals surface area (Å²) in [5.74, 6) is -1.47. The quantitative estimate of drug-likeness (QED) is 0.553. The highest BCUT2D eigenvalue weighted by Gasteiger charge is 2.37. The molecule has 10 heteroatoms. The molecule has 2 amide bonds. The van der Waals surface area contributed by atoms with Crippen LogP contribution in [0.1, 0.15) is 27.2 Å². The van der Waals surface area contributed by atoms with Gasteiger partial charge in [-0.15, -0.1) is 0 Å². The van der Waals surface area contributed by atoms with Gasteiger partial charge in [-0.3, -0.25) is 14.6 Å². The van der Waals surface area contributed by atoms with Crippen molar-refractivity contribution in [2.24, 2.45) is 0 Å². The first-order chi connectivity index (χ1) is 16.2. The third kappa shape index (κ3) is 4.70. The Morgan fingerprint density at radius 1 is 1.12 bits per heavy atom. The largest absolute Gasteiger partial charge is 0.457 e. The summed E-state index contributed by atoms with van der Waals surface area (Å²) in [6.07, 6.45) is -3.56. The summed E-state index contributed by atoms with van der Waals surface area (Å²) in [5, 5.41) is 2.48. The highest BCUT2D eigenvalue weighted by Crippen LogP contribution is 2.36. The van der Waals surface area contributed by atoms with E-state index < -0.39 is 35.4 Å². The predicted octanol–water partition coefficient (Wildman–Crippen LogP) is 4.52. The number of alkyl halides is 3. The zero-order chi connectivity index (χ0) is 24.5. The fourth-order valence-corrected chi connectivity index (χ4v) is 3.86. The molecule has 1 aromatic heterocycles. The lowest BCUT2D eigenvalue weighted by Gasteiger charge is -2.19. The number of rotatable bonds is 5. The van der Waals surface area contributed by atoms with Gasteiger partial charge in [-0.05, 0) is 47.9 Å². The Morgan fingerprint density at radius 3 is 2.62 bits per heavy atom. The van der Waals surface area contributed by atoms with Crippen molar-refractivity contribution in [3.63, 3.8) is 0 Å². The number of anilines is 1. The molecule has 0 unspecified atom stereocenters. The van der Waals surface area contributed by atoms with Crippen LogP contribution in [0.15, 0.2) is 54.7 Å². The van der Waals surface area contributed by atoms with E-state index in [1.54, 1.807) is 24.3 Å². The average Bonchev–Trinajstić information content (AvgIpc) is 3.21. The molecule has 1 aliphatic rings. The van der Waals surface area contributed by atoms with Crippen LogP contribution < -0.4 is 15.0 Å². The number of carbonyl (C=O) groups is 2. The predicted molar refractivity (Wildman–Crippen MR) is 115 cm³/mol. The number of carbonyl (C=O) groups excluding carboxylic acids is 2. The maximum Gasteiger partial charge on any atom is 0.419 e. The Bertz CT molecular complexity index is 1260. The number of fused-ring (bicyclic) bond motifs is 1. The molecule has 0 fully saturated rings. The van der Waals surface area contributed by atoms with Crippen LogP contribution in [0.3, 0.4) is 0 Å². The molecular formula is C24H19F4N3O3. The Kier molecular flexibility index (Phi) is 6.23. The zero-order valence-electron chi connectivity index (χ0n) is 17.9. The monoisotopic (exact) mass is 473 g/mol. The maximum atomic E-state index is 13.8. The summed E-state index contributed by atoms with van der Waals surface area (Å²) in [5.41, 5.74) is -0.297. The van der Waals surface area contributed by atoms with E-state index in [4.69, 9.17) is 4.74 Å². The van der Waals surface area contributed by atoms with E-state index in [-0.39, 0.29) is 18.1 Å². The van der Waals surface area contributed by atoms with Gasteiger partial charge >= 0.3 is 6.18 Å². The van der Waals surface area contributed by atoms with Gasteiger partial charge in [0.05, 0.1) is 12.0 Å². The normalized spacial score (nSPS) is 12.9.